The van der Waals surface area contributed by atoms with Gasteiger partial charge in [0.25, 0.3) is 11.8 Å². The summed E-state index contributed by atoms with van der Waals surface area (Å²) >= 11 is 1.19. The minimum Gasteiger partial charge on any atom is -0.497 e. The number of carbonyl (C=O) groups is 2. The third-order valence-electron chi connectivity index (χ3n) is 4.50. The number of nitrogens with zero attached hydrogens (tertiary/aromatic N) is 2. The molecule has 0 fully saturated rings. The van der Waals surface area contributed by atoms with Gasteiger partial charge in [-0.25, -0.2) is 17.7 Å². The number of hydrazine groups is 1. The van der Waals surface area contributed by atoms with Crippen LogP contribution in [0.4, 0.5) is 0 Å². The average Bonchev–Trinajstić information content (AvgIpc) is 3.18. The Labute approximate surface area is 190 Å². The lowest BCUT2D eigenvalue weighted by Gasteiger charge is -2.12. The second-order valence-corrected chi connectivity index (χ2v) is 10.0. The zero-order valence-corrected chi connectivity index (χ0v) is 19.5. The van der Waals surface area contributed by atoms with E-state index < -0.39 is 21.8 Å². The number of rotatable bonds is 6. The number of thiazole rings is 1. The molecule has 3 rings (SSSR count). The molecule has 32 heavy (non-hydrogen) atoms. The molecule has 0 aliphatic carbocycles. The lowest BCUT2D eigenvalue weighted by molar-refractivity contribution is 0.0848. The van der Waals surface area contributed by atoms with Gasteiger partial charge in [-0.2, -0.15) is 0 Å². The van der Waals surface area contributed by atoms with Crippen LogP contribution < -0.4 is 15.6 Å². The van der Waals surface area contributed by atoms with Crippen LogP contribution >= 0.6 is 11.3 Å². The van der Waals surface area contributed by atoms with E-state index in [1.54, 1.807) is 26.2 Å². The van der Waals surface area contributed by atoms with Crippen LogP contribution in [-0.4, -0.2) is 50.7 Å². The van der Waals surface area contributed by atoms with Gasteiger partial charge in [-0.3, -0.25) is 20.4 Å². The zero-order chi connectivity index (χ0) is 23.5. The summed E-state index contributed by atoms with van der Waals surface area (Å²) in [5.41, 5.74) is 6.11. The predicted octanol–water partition coefficient (Wildman–Crippen LogP) is 2.45. The number of hydrogen-bond acceptors (Lipinski definition) is 7. The Kier molecular flexibility index (Phi) is 6.92. The summed E-state index contributed by atoms with van der Waals surface area (Å²) in [6.45, 7) is 1.70. The van der Waals surface area contributed by atoms with E-state index in [0.717, 1.165) is 9.87 Å². The molecular weight excluding hydrogens is 452 g/mol. The highest BCUT2D eigenvalue weighted by Gasteiger charge is 2.20. The molecule has 2 aromatic carbocycles. The summed E-state index contributed by atoms with van der Waals surface area (Å²) in [5.74, 6) is -0.456. The van der Waals surface area contributed by atoms with Gasteiger partial charge in [-0.15, -0.1) is 11.3 Å². The Morgan fingerprint density at radius 3 is 2.31 bits per heavy atom. The van der Waals surface area contributed by atoms with Crippen molar-refractivity contribution in [3.63, 3.8) is 0 Å². The van der Waals surface area contributed by atoms with Crippen molar-refractivity contribution < 1.29 is 22.7 Å². The van der Waals surface area contributed by atoms with Crippen molar-refractivity contribution in [2.75, 3.05) is 21.2 Å². The fourth-order valence-corrected chi connectivity index (χ4v) is 4.63. The summed E-state index contributed by atoms with van der Waals surface area (Å²) in [6, 6.07) is 12.8. The van der Waals surface area contributed by atoms with Crippen molar-refractivity contribution in [2.45, 2.75) is 11.8 Å². The molecule has 2 amide bonds. The van der Waals surface area contributed by atoms with Crippen molar-refractivity contribution in [3.8, 4) is 16.3 Å². The van der Waals surface area contributed by atoms with Crippen LogP contribution in [-0.2, 0) is 10.0 Å². The lowest BCUT2D eigenvalue weighted by Crippen LogP contribution is -2.41. The molecule has 11 heteroatoms. The van der Waals surface area contributed by atoms with Crippen LogP contribution in [0.2, 0.25) is 0 Å². The third kappa shape index (κ3) is 4.96. The van der Waals surface area contributed by atoms with E-state index in [0.29, 0.717) is 21.3 Å². The first-order valence-electron chi connectivity index (χ1n) is 9.38. The maximum Gasteiger partial charge on any atom is 0.281 e. The molecule has 0 saturated carbocycles. The van der Waals surface area contributed by atoms with E-state index in [1.807, 2.05) is 12.1 Å². The maximum atomic E-state index is 12.6. The molecule has 0 atom stereocenters. The molecule has 0 aliphatic rings. The molecule has 3 aromatic rings. The highest BCUT2D eigenvalue weighted by Crippen LogP contribution is 2.29. The van der Waals surface area contributed by atoms with Crippen LogP contribution in [0.3, 0.4) is 0 Å². The molecule has 9 nitrogen and oxygen atoms in total. The van der Waals surface area contributed by atoms with Gasteiger partial charge in [0.15, 0.2) is 0 Å². The second-order valence-electron chi connectivity index (χ2n) is 6.89. The molecular formula is C21H22N4O5S2. The van der Waals surface area contributed by atoms with Crippen molar-refractivity contribution in [1.82, 2.24) is 20.1 Å². The molecule has 168 valence electrons. The van der Waals surface area contributed by atoms with Gasteiger partial charge >= 0.3 is 0 Å². The minimum absolute atomic E-state index is 0.0242. The summed E-state index contributed by atoms with van der Waals surface area (Å²) < 4.78 is 30.7. The van der Waals surface area contributed by atoms with E-state index >= 15 is 0 Å². The number of sulfonamides is 1. The van der Waals surface area contributed by atoms with Crippen molar-refractivity contribution in [2.24, 2.45) is 0 Å². The summed E-state index contributed by atoms with van der Waals surface area (Å²) in [4.78, 5) is 29.8. The van der Waals surface area contributed by atoms with Gasteiger partial charge in [0.05, 0.1) is 17.7 Å². The van der Waals surface area contributed by atoms with Gasteiger partial charge in [0.1, 0.15) is 15.6 Å². The quantitative estimate of drug-likeness (QED) is 0.530. The van der Waals surface area contributed by atoms with E-state index in [9.17, 15) is 18.0 Å². The Morgan fingerprint density at radius 1 is 1.03 bits per heavy atom. The molecule has 0 bridgehead atoms. The highest BCUT2D eigenvalue weighted by molar-refractivity contribution is 7.89. The first kappa shape index (κ1) is 23.4. The number of aryl methyl sites for hydroxylation is 1. The van der Waals surface area contributed by atoms with Crippen LogP contribution in [0.15, 0.2) is 53.4 Å². The molecule has 1 aromatic heterocycles. The standard InChI is InChI=1S/C21H22N4O5S2/c1-13-18(31-21(22-13)14-8-10-16(30-4)11-9-14)20(27)24-23-19(26)15-6-5-7-17(12-15)32(28,29)25(2)3/h5-12H,1-4H3,(H,23,26)(H,24,27). The summed E-state index contributed by atoms with van der Waals surface area (Å²) in [7, 11) is 0.696. The first-order valence-corrected chi connectivity index (χ1v) is 11.6. The fraction of sp³-hybridized carbons (Fsp3) is 0.190. The number of aromatic nitrogens is 1. The van der Waals surface area contributed by atoms with Crippen molar-refractivity contribution in [3.05, 3.63) is 64.7 Å². The monoisotopic (exact) mass is 474 g/mol. The molecule has 0 unspecified atom stereocenters. The molecule has 1 heterocycles. The van der Waals surface area contributed by atoms with Gasteiger partial charge in [-0.1, -0.05) is 6.07 Å². The Bertz CT molecular complexity index is 1250. The number of amides is 2. The van der Waals surface area contributed by atoms with Gasteiger partial charge < -0.3 is 4.74 Å². The number of hydrogen-bond donors (Lipinski definition) is 2. The Balaban J connectivity index is 1.71. The van der Waals surface area contributed by atoms with Crippen molar-refractivity contribution in [1.29, 1.82) is 0 Å². The number of ether oxygens (including phenoxy) is 1. The van der Waals surface area contributed by atoms with E-state index in [2.05, 4.69) is 15.8 Å². The van der Waals surface area contributed by atoms with Crippen LogP contribution in [0.5, 0.6) is 5.75 Å². The minimum atomic E-state index is -3.69. The summed E-state index contributed by atoms with van der Waals surface area (Å²) in [6.07, 6.45) is 0. The number of nitrogens with one attached hydrogen (secondary N) is 2. The van der Waals surface area contributed by atoms with Gasteiger partial charge in [-0.05, 0) is 49.4 Å². The molecule has 2 N–H and O–H groups in total. The van der Waals surface area contributed by atoms with Gasteiger partial charge in [0, 0.05) is 25.2 Å². The topological polar surface area (TPSA) is 118 Å². The first-order chi connectivity index (χ1) is 15.1. The van der Waals surface area contributed by atoms with E-state index in [1.165, 1.54) is 49.7 Å². The predicted molar refractivity (Wildman–Crippen MR) is 121 cm³/mol. The number of benzene rings is 2. The van der Waals surface area contributed by atoms with E-state index in [-0.39, 0.29) is 10.5 Å². The maximum absolute atomic E-state index is 12.6. The van der Waals surface area contributed by atoms with Crippen LogP contribution in [0.1, 0.15) is 25.7 Å². The van der Waals surface area contributed by atoms with Crippen molar-refractivity contribution >= 4 is 33.2 Å². The number of carbonyl (C=O) groups excluding carboxylic acids is 2. The van der Waals surface area contributed by atoms with Crippen LogP contribution in [0, 0.1) is 6.92 Å². The SMILES string of the molecule is COc1ccc(-c2nc(C)c(C(=O)NNC(=O)c3cccc(S(=O)(=O)N(C)C)c3)s2)cc1. The molecule has 0 saturated heterocycles. The lowest BCUT2D eigenvalue weighted by atomic mass is 10.2. The van der Waals surface area contributed by atoms with Gasteiger partial charge in [0.2, 0.25) is 10.0 Å². The average molecular weight is 475 g/mol. The number of methoxy groups -OCH3 is 1. The largest absolute Gasteiger partial charge is 0.497 e. The normalized spacial score (nSPS) is 11.3. The second kappa shape index (κ2) is 9.47. The molecule has 0 aliphatic heterocycles. The van der Waals surface area contributed by atoms with Crippen LogP contribution in [0.25, 0.3) is 10.6 Å². The Hall–Kier alpha value is -3.28. The third-order valence-corrected chi connectivity index (χ3v) is 7.52. The van der Waals surface area contributed by atoms with E-state index in [4.69, 9.17) is 4.74 Å². The summed E-state index contributed by atoms with van der Waals surface area (Å²) in [5, 5.41) is 0.656. The Morgan fingerprint density at radius 2 is 1.69 bits per heavy atom. The smallest absolute Gasteiger partial charge is 0.281 e. The zero-order valence-electron chi connectivity index (χ0n) is 17.9. The molecule has 0 radical (unpaired) electrons. The fourth-order valence-electron chi connectivity index (χ4n) is 2.72. The highest BCUT2D eigenvalue weighted by atomic mass is 32.2. The molecule has 0 spiro atoms.